The number of hydrogen-bond donors (Lipinski definition) is 3. The standard InChI is InChI=1S/C13H18N2O.C4H4O4/c1-14-6-5-9-7-13(14)15(2)12-4-3-10(16)8-11(9)12;5-3(6)1-2-4(7)8/h3-4,8-9,13,16H,5-7H2,1-2H3;1-2H,(H,5,6)(H,7,8)/b;2-1+. The summed E-state index contributed by atoms with van der Waals surface area (Å²) in [5.41, 5.74) is 2.61. The Kier molecular flexibility index (Phi) is 5.46. The highest BCUT2D eigenvalue weighted by Gasteiger charge is 2.36. The lowest BCUT2D eigenvalue weighted by molar-refractivity contribution is -0.134. The molecule has 2 unspecified atom stereocenters. The molecule has 0 amide bonds. The lowest BCUT2D eigenvalue weighted by Gasteiger charge is -2.48. The number of carboxylic acid groups (broad SMARTS) is 2. The summed E-state index contributed by atoms with van der Waals surface area (Å²) in [4.78, 5) is 23.9. The molecule has 2 aliphatic heterocycles. The molecule has 0 aliphatic carbocycles. The zero-order valence-electron chi connectivity index (χ0n) is 13.7. The molecule has 130 valence electrons. The van der Waals surface area contributed by atoms with Gasteiger partial charge in [-0.3, -0.25) is 4.90 Å². The van der Waals surface area contributed by atoms with E-state index in [1.54, 1.807) is 6.07 Å². The second kappa shape index (κ2) is 7.35. The molecular formula is C17H22N2O5. The molecule has 1 aromatic carbocycles. The predicted molar refractivity (Wildman–Crippen MR) is 89.3 cm³/mol. The van der Waals surface area contributed by atoms with Crippen LogP contribution in [-0.2, 0) is 9.59 Å². The lowest BCUT2D eigenvalue weighted by atomic mass is 9.83. The summed E-state index contributed by atoms with van der Waals surface area (Å²) >= 11 is 0. The van der Waals surface area contributed by atoms with Crippen molar-refractivity contribution in [1.82, 2.24) is 4.90 Å². The van der Waals surface area contributed by atoms with Crippen LogP contribution in [0.5, 0.6) is 5.75 Å². The van der Waals surface area contributed by atoms with E-state index in [2.05, 4.69) is 23.9 Å². The fourth-order valence-electron chi connectivity index (χ4n) is 3.29. The largest absolute Gasteiger partial charge is 0.508 e. The third-order valence-corrected chi connectivity index (χ3v) is 4.48. The molecule has 0 aromatic heterocycles. The van der Waals surface area contributed by atoms with Gasteiger partial charge in [0.1, 0.15) is 5.75 Å². The molecule has 3 N–H and O–H groups in total. The molecule has 1 fully saturated rings. The Morgan fingerprint density at radius 3 is 2.38 bits per heavy atom. The van der Waals surface area contributed by atoms with E-state index in [9.17, 15) is 14.7 Å². The molecule has 7 heteroatoms. The fraction of sp³-hybridized carbons (Fsp3) is 0.412. The number of aliphatic carboxylic acids is 2. The Hall–Kier alpha value is -2.54. The molecule has 7 nitrogen and oxygen atoms in total. The van der Waals surface area contributed by atoms with Crippen LogP contribution >= 0.6 is 0 Å². The van der Waals surface area contributed by atoms with Gasteiger partial charge in [0, 0.05) is 31.4 Å². The van der Waals surface area contributed by atoms with Gasteiger partial charge in [-0.2, -0.15) is 0 Å². The molecule has 2 atom stereocenters. The second-order valence-electron chi connectivity index (χ2n) is 6.05. The highest BCUT2D eigenvalue weighted by Crippen LogP contribution is 2.44. The molecule has 0 radical (unpaired) electrons. The van der Waals surface area contributed by atoms with Crippen LogP contribution < -0.4 is 4.90 Å². The highest BCUT2D eigenvalue weighted by molar-refractivity contribution is 5.89. The van der Waals surface area contributed by atoms with Gasteiger partial charge in [-0.15, -0.1) is 0 Å². The number of carboxylic acids is 2. The Morgan fingerprint density at radius 2 is 1.79 bits per heavy atom. The number of anilines is 1. The first-order chi connectivity index (χ1) is 11.3. The molecule has 0 spiro atoms. The van der Waals surface area contributed by atoms with Crippen LogP contribution in [0.25, 0.3) is 0 Å². The Balaban J connectivity index is 0.000000224. The third-order valence-electron chi connectivity index (χ3n) is 4.48. The van der Waals surface area contributed by atoms with E-state index in [4.69, 9.17) is 10.2 Å². The van der Waals surface area contributed by atoms with Crippen molar-refractivity contribution in [1.29, 1.82) is 0 Å². The Morgan fingerprint density at radius 1 is 1.17 bits per heavy atom. The summed E-state index contributed by atoms with van der Waals surface area (Å²) in [5.74, 6) is -1.50. The van der Waals surface area contributed by atoms with Crippen molar-refractivity contribution in [3.8, 4) is 5.75 Å². The summed E-state index contributed by atoms with van der Waals surface area (Å²) in [6.07, 6.45) is 4.03. The van der Waals surface area contributed by atoms with Crippen molar-refractivity contribution in [3.05, 3.63) is 35.9 Å². The average molecular weight is 334 g/mol. The Bertz CT molecular complexity index is 642. The summed E-state index contributed by atoms with van der Waals surface area (Å²) in [6, 6.07) is 5.78. The number of fused-ring (bicyclic) bond motifs is 4. The third kappa shape index (κ3) is 4.05. The summed E-state index contributed by atoms with van der Waals surface area (Å²) < 4.78 is 0. The van der Waals surface area contributed by atoms with Gasteiger partial charge in [0.15, 0.2) is 0 Å². The summed E-state index contributed by atoms with van der Waals surface area (Å²) in [5, 5.41) is 25.2. The van der Waals surface area contributed by atoms with E-state index in [-0.39, 0.29) is 0 Å². The van der Waals surface area contributed by atoms with Crippen LogP contribution in [0.3, 0.4) is 0 Å². The first kappa shape index (κ1) is 17.8. The van der Waals surface area contributed by atoms with E-state index in [0.717, 1.165) is 6.54 Å². The quantitative estimate of drug-likeness (QED) is 0.707. The number of nitrogens with zero attached hydrogens (tertiary/aromatic N) is 2. The van der Waals surface area contributed by atoms with Crippen molar-refractivity contribution in [2.24, 2.45) is 0 Å². The average Bonchev–Trinajstić information content (AvgIpc) is 2.53. The van der Waals surface area contributed by atoms with E-state index in [1.807, 2.05) is 12.1 Å². The maximum absolute atomic E-state index is 9.59. The zero-order chi connectivity index (χ0) is 17.9. The topological polar surface area (TPSA) is 101 Å². The summed E-state index contributed by atoms with van der Waals surface area (Å²) in [6.45, 7) is 1.15. The maximum Gasteiger partial charge on any atom is 0.328 e. The number of hydrogen-bond acceptors (Lipinski definition) is 5. The molecular weight excluding hydrogens is 312 g/mol. The van der Waals surface area contributed by atoms with Crippen molar-refractivity contribution in [2.45, 2.75) is 24.9 Å². The monoisotopic (exact) mass is 334 g/mol. The van der Waals surface area contributed by atoms with E-state index in [1.165, 1.54) is 24.1 Å². The zero-order valence-corrected chi connectivity index (χ0v) is 13.7. The van der Waals surface area contributed by atoms with Gasteiger partial charge in [0.2, 0.25) is 0 Å². The normalized spacial score (nSPS) is 22.5. The van der Waals surface area contributed by atoms with Crippen LogP contribution in [0.2, 0.25) is 0 Å². The molecule has 3 rings (SSSR count). The van der Waals surface area contributed by atoms with Crippen LogP contribution in [0.15, 0.2) is 30.4 Å². The SMILES string of the molecule is CN1CCC2CC1N(C)c1ccc(O)cc12.O=C(O)/C=C/C(=O)O. The number of benzene rings is 1. The fourth-order valence-corrected chi connectivity index (χ4v) is 3.29. The summed E-state index contributed by atoms with van der Waals surface area (Å²) in [7, 11) is 4.35. The van der Waals surface area contributed by atoms with Gasteiger partial charge in [-0.1, -0.05) is 0 Å². The molecule has 2 aliphatic rings. The number of carbonyl (C=O) groups is 2. The van der Waals surface area contributed by atoms with Crippen molar-refractivity contribution in [3.63, 3.8) is 0 Å². The van der Waals surface area contributed by atoms with Gasteiger partial charge in [-0.25, -0.2) is 9.59 Å². The number of likely N-dealkylation sites (tertiary alicyclic amines) is 1. The van der Waals surface area contributed by atoms with E-state index >= 15 is 0 Å². The van der Waals surface area contributed by atoms with E-state index < -0.39 is 11.9 Å². The smallest absolute Gasteiger partial charge is 0.328 e. The highest BCUT2D eigenvalue weighted by atomic mass is 16.4. The second-order valence-corrected chi connectivity index (χ2v) is 6.05. The molecule has 1 saturated heterocycles. The van der Waals surface area contributed by atoms with Crippen molar-refractivity contribution in [2.75, 3.05) is 25.5 Å². The van der Waals surface area contributed by atoms with Gasteiger partial charge in [0.25, 0.3) is 0 Å². The first-order valence-corrected chi connectivity index (χ1v) is 7.69. The number of piperidine rings is 1. The minimum absolute atomic E-state index is 0.393. The molecule has 2 heterocycles. The maximum atomic E-state index is 9.59. The Labute approximate surface area is 140 Å². The number of phenols is 1. The van der Waals surface area contributed by atoms with Gasteiger partial charge in [0.05, 0.1) is 6.17 Å². The lowest BCUT2D eigenvalue weighted by Crippen LogP contribution is -2.52. The van der Waals surface area contributed by atoms with Crippen LogP contribution in [0, 0.1) is 0 Å². The van der Waals surface area contributed by atoms with Gasteiger partial charge in [-0.05, 0) is 49.6 Å². The van der Waals surface area contributed by atoms with Gasteiger partial charge < -0.3 is 20.2 Å². The number of aromatic hydroxyl groups is 1. The van der Waals surface area contributed by atoms with Crippen LogP contribution in [-0.4, -0.2) is 59.0 Å². The molecule has 0 saturated carbocycles. The van der Waals surface area contributed by atoms with E-state index in [0.29, 0.717) is 30.0 Å². The number of phenolic OH excluding ortho intramolecular Hbond substituents is 1. The van der Waals surface area contributed by atoms with Crippen LogP contribution in [0.4, 0.5) is 5.69 Å². The predicted octanol–water partition coefficient (Wildman–Crippen LogP) is 1.69. The van der Waals surface area contributed by atoms with Gasteiger partial charge >= 0.3 is 11.9 Å². The minimum atomic E-state index is -1.26. The first-order valence-electron chi connectivity index (χ1n) is 7.69. The van der Waals surface area contributed by atoms with Crippen molar-refractivity contribution >= 4 is 17.6 Å². The number of rotatable bonds is 2. The van der Waals surface area contributed by atoms with Crippen LogP contribution in [0.1, 0.15) is 24.3 Å². The molecule has 1 aromatic rings. The molecule has 2 bridgehead atoms. The molecule has 24 heavy (non-hydrogen) atoms. The minimum Gasteiger partial charge on any atom is -0.508 e. The van der Waals surface area contributed by atoms with Crippen molar-refractivity contribution < 1.29 is 24.9 Å².